The van der Waals surface area contributed by atoms with Gasteiger partial charge in [0.15, 0.2) is 5.76 Å². The van der Waals surface area contributed by atoms with Crippen molar-refractivity contribution in [2.45, 2.75) is 24.3 Å². The summed E-state index contributed by atoms with van der Waals surface area (Å²) in [5.74, 6) is 3.27. The average molecular weight is 338 g/mol. The fourth-order valence-corrected chi connectivity index (χ4v) is 5.92. The minimum Gasteiger partial charge on any atom is -0.387 e. The van der Waals surface area contributed by atoms with E-state index < -0.39 is 15.6 Å². The predicted octanol–water partition coefficient (Wildman–Crippen LogP) is 0.781. The molecular weight excluding hydrogens is 320 g/mol. The van der Waals surface area contributed by atoms with Gasteiger partial charge in [0, 0.05) is 29.6 Å². The van der Waals surface area contributed by atoms with Gasteiger partial charge in [-0.2, -0.15) is 23.5 Å². The fourth-order valence-electron chi connectivity index (χ4n) is 1.95. The molecule has 0 saturated carbocycles. The van der Waals surface area contributed by atoms with Crippen LogP contribution in [-0.4, -0.2) is 53.8 Å². The zero-order valence-corrected chi connectivity index (χ0v) is 13.8. The average Bonchev–Trinajstić information content (AvgIpc) is 2.60. The van der Waals surface area contributed by atoms with E-state index in [1.165, 1.54) is 0 Å². The molecule has 0 spiro atoms. The third-order valence-corrected chi connectivity index (χ3v) is 7.31. The Labute approximate surface area is 127 Å². The molecule has 0 aliphatic carbocycles. The van der Waals surface area contributed by atoms with Crippen LogP contribution in [0.2, 0.25) is 0 Å². The molecule has 1 aliphatic rings. The molecule has 1 aliphatic heterocycles. The SMILES string of the molecule is Cc1noc(C)c1S(=O)(=O)NCC1(O)CSCCSC1. The maximum atomic E-state index is 12.3. The van der Waals surface area contributed by atoms with Crippen LogP contribution in [0, 0.1) is 13.8 Å². The number of nitrogens with zero attached hydrogens (tertiary/aromatic N) is 1. The molecule has 6 nitrogen and oxygen atoms in total. The topological polar surface area (TPSA) is 92.4 Å². The second-order valence-corrected chi connectivity index (χ2v) is 8.72. The number of sulfonamides is 1. The van der Waals surface area contributed by atoms with E-state index in [0.29, 0.717) is 17.2 Å². The van der Waals surface area contributed by atoms with Crippen LogP contribution in [-0.2, 0) is 10.0 Å². The summed E-state index contributed by atoms with van der Waals surface area (Å²) in [4.78, 5) is 0.0648. The van der Waals surface area contributed by atoms with Gasteiger partial charge in [-0.1, -0.05) is 5.16 Å². The molecule has 0 aromatic carbocycles. The van der Waals surface area contributed by atoms with Crippen LogP contribution in [0.1, 0.15) is 11.5 Å². The Morgan fingerprint density at radius 1 is 1.35 bits per heavy atom. The number of thioether (sulfide) groups is 2. The Morgan fingerprint density at radius 2 is 1.95 bits per heavy atom. The molecule has 0 bridgehead atoms. The van der Waals surface area contributed by atoms with Gasteiger partial charge in [-0.15, -0.1) is 0 Å². The summed E-state index contributed by atoms with van der Waals surface area (Å²) < 4.78 is 31.9. The van der Waals surface area contributed by atoms with Crippen LogP contribution in [0.3, 0.4) is 0 Å². The summed E-state index contributed by atoms with van der Waals surface area (Å²) in [6.45, 7) is 3.14. The van der Waals surface area contributed by atoms with Gasteiger partial charge in [-0.3, -0.25) is 0 Å². The van der Waals surface area contributed by atoms with Gasteiger partial charge in [0.05, 0.1) is 5.60 Å². The van der Waals surface area contributed by atoms with E-state index in [0.717, 1.165) is 11.5 Å². The first-order valence-corrected chi connectivity index (χ1v) is 9.94. The molecule has 1 aromatic rings. The molecule has 0 radical (unpaired) electrons. The fraction of sp³-hybridized carbons (Fsp3) is 0.727. The molecule has 0 atom stereocenters. The van der Waals surface area contributed by atoms with Gasteiger partial charge < -0.3 is 9.63 Å². The maximum absolute atomic E-state index is 12.3. The monoisotopic (exact) mass is 338 g/mol. The highest BCUT2D eigenvalue weighted by Gasteiger charge is 2.32. The number of hydrogen-bond acceptors (Lipinski definition) is 7. The highest BCUT2D eigenvalue weighted by atomic mass is 32.2. The lowest BCUT2D eigenvalue weighted by Crippen LogP contribution is -2.46. The van der Waals surface area contributed by atoms with E-state index in [-0.39, 0.29) is 17.2 Å². The number of hydrogen-bond donors (Lipinski definition) is 2. The number of nitrogens with one attached hydrogen (secondary N) is 1. The van der Waals surface area contributed by atoms with Crippen molar-refractivity contribution >= 4 is 33.5 Å². The Bertz CT molecular complexity index is 543. The molecule has 9 heteroatoms. The second-order valence-electron chi connectivity index (χ2n) is 4.81. The Hall–Kier alpha value is -0.220. The normalized spacial score (nSPS) is 19.8. The van der Waals surface area contributed by atoms with Gasteiger partial charge in [0.1, 0.15) is 10.6 Å². The van der Waals surface area contributed by atoms with Crippen molar-refractivity contribution < 1.29 is 18.0 Å². The second kappa shape index (κ2) is 6.27. The van der Waals surface area contributed by atoms with Crippen LogP contribution < -0.4 is 4.72 Å². The van der Waals surface area contributed by atoms with Crippen molar-refractivity contribution in [3.05, 3.63) is 11.5 Å². The Morgan fingerprint density at radius 3 is 2.45 bits per heavy atom. The maximum Gasteiger partial charge on any atom is 0.246 e. The molecular formula is C11H18N2O4S3. The van der Waals surface area contributed by atoms with Crippen LogP contribution in [0.5, 0.6) is 0 Å². The zero-order valence-electron chi connectivity index (χ0n) is 11.4. The summed E-state index contributed by atoms with van der Waals surface area (Å²) in [6.07, 6.45) is 0. The van der Waals surface area contributed by atoms with Crippen LogP contribution in [0.25, 0.3) is 0 Å². The van der Waals surface area contributed by atoms with Crippen molar-refractivity contribution in [1.29, 1.82) is 0 Å². The molecule has 1 fully saturated rings. The minimum atomic E-state index is -3.71. The van der Waals surface area contributed by atoms with Crippen molar-refractivity contribution in [3.63, 3.8) is 0 Å². The van der Waals surface area contributed by atoms with Crippen molar-refractivity contribution in [2.75, 3.05) is 29.6 Å². The molecule has 2 heterocycles. The number of aliphatic hydroxyl groups is 1. The largest absolute Gasteiger partial charge is 0.387 e. The highest BCUT2D eigenvalue weighted by Crippen LogP contribution is 2.25. The summed E-state index contributed by atoms with van der Waals surface area (Å²) >= 11 is 3.28. The lowest BCUT2D eigenvalue weighted by Gasteiger charge is -2.25. The number of aromatic nitrogens is 1. The van der Waals surface area contributed by atoms with Gasteiger partial charge in [-0.05, 0) is 13.8 Å². The van der Waals surface area contributed by atoms with Gasteiger partial charge in [0.2, 0.25) is 10.0 Å². The summed E-state index contributed by atoms with van der Waals surface area (Å²) in [5.41, 5.74) is -0.690. The molecule has 1 aromatic heterocycles. The van der Waals surface area contributed by atoms with Crippen molar-refractivity contribution in [2.24, 2.45) is 0 Å². The lowest BCUT2D eigenvalue weighted by molar-refractivity contribution is 0.0961. The summed E-state index contributed by atoms with van der Waals surface area (Å²) in [7, 11) is -3.71. The van der Waals surface area contributed by atoms with E-state index in [1.54, 1.807) is 37.4 Å². The zero-order chi connectivity index (χ0) is 14.8. The quantitative estimate of drug-likeness (QED) is 0.838. The van der Waals surface area contributed by atoms with E-state index in [1.807, 2.05) is 0 Å². The standard InChI is InChI=1S/C11H18N2O4S3/c1-8-10(9(2)17-13-8)20(15,16)12-5-11(14)6-18-3-4-19-7-11/h12,14H,3-7H2,1-2H3. The Balaban J connectivity index is 2.09. The van der Waals surface area contributed by atoms with E-state index >= 15 is 0 Å². The minimum absolute atomic E-state index is 0.000602. The highest BCUT2D eigenvalue weighted by molar-refractivity contribution is 8.03. The van der Waals surface area contributed by atoms with Gasteiger partial charge >= 0.3 is 0 Å². The first kappa shape index (κ1) is 16.2. The van der Waals surface area contributed by atoms with Gasteiger partial charge in [-0.25, -0.2) is 13.1 Å². The first-order valence-electron chi connectivity index (χ1n) is 6.14. The summed E-state index contributed by atoms with van der Waals surface area (Å²) in [5, 5.41) is 14.1. The predicted molar refractivity (Wildman–Crippen MR) is 80.8 cm³/mol. The number of rotatable bonds is 4. The molecule has 0 amide bonds. The van der Waals surface area contributed by atoms with Crippen LogP contribution in [0.4, 0.5) is 0 Å². The summed E-state index contributed by atoms with van der Waals surface area (Å²) in [6, 6.07) is 0. The van der Waals surface area contributed by atoms with Gasteiger partial charge in [0.25, 0.3) is 0 Å². The van der Waals surface area contributed by atoms with E-state index in [9.17, 15) is 13.5 Å². The Kier molecular flexibility index (Phi) is 5.06. The number of aryl methyl sites for hydroxylation is 2. The van der Waals surface area contributed by atoms with Crippen molar-refractivity contribution in [3.8, 4) is 0 Å². The third kappa shape index (κ3) is 3.70. The van der Waals surface area contributed by atoms with Crippen LogP contribution in [0.15, 0.2) is 9.42 Å². The lowest BCUT2D eigenvalue weighted by atomic mass is 10.1. The van der Waals surface area contributed by atoms with Crippen molar-refractivity contribution in [1.82, 2.24) is 9.88 Å². The third-order valence-electron chi connectivity index (χ3n) is 2.94. The molecule has 2 rings (SSSR count). The van der Waals surface area contributed by atoms with E-state index in [2.05, 4.69) is 9.88 Å². The molecule has 0 unspecified atom stereocenters. The van der Waals surface area contributed by atoms with E-state index in [4.69, 9.17) is 4.52 Å². The molecule has 20 heavy (non-hydrogen) atoms. The molecule has 2 N–H and O–H groups in total. The first-order chi connectivity index (χ1) is 9.34. The smallest absolute Gasteiger partial charge is 0.246 e. The molecule has 1 saturated heterocycles. The molecule has 114 valence electrons. The van der Waals surface area contributed by atoms with Crippen LogP contribution >= 0.6 is 23.5 Å².